The second-order valence-electron chi connectivity index (χ2n) is 4.70. The Hall–Kier alpha value is -1.68. The third kappa shape index (κ3) is 4.78. The second-order valence-corrected chi connectivity index (χ2v) is 5.67. The minimum absolute atomic E-state index is 0.112. The van der Waals surface area contributed by atoms with Gasteiger partial charge in [-0.25, -0.2) is 4.98 Å². The molecule has 0 unspecified atom stereocenters. The first-order chi connectivity index (χ1) is 9.78. The highest BCUT2D eigenvalue weighted by molar-refractivity contribution is 7.09. The zero-order chi connectivity index (χ0) is 14.2. The van der Waals surface area contributed by atoms with Gasteiger partial charge in [-0.05, 0) is 24.0 Å². The summed E-state index contributed by atoms with van der Waals surface area (Å²) in [5.74, 6) is 0.112. The van der Waals surface area contributed by atoms with E-state index in [1.807, 2.05) is 5.38 Å². The molecular weight excluding hydrogens is 268 g/mol. The lowest BCUT2D eigenvalue weighted by Gasteiger charge is -2.05. The summed E-state index contributed by atoms with van der Waals surface area (Å²) in [6.45, 7) is 2.81. The van der Waals surface area contributed by atoms with Crippen molar-refractivity contribution in [1.82, 2.24) is 10.3 Å². The molecule has 0 radical (unpaired) electrons. The highest BCUT2D eigenvalue weighted by atomic mass is 32.1. The Morgan fingerprint density at radius 3 is 2.60 bits per heavy atom. The molecule has 0 aliphatic rings. The molecule has 0 saturated carbocycles. The maximum atomic E-state index is 11.7. The molecule has 1 aromatic carbocycles. The van der Waals surface area contributed by atoms with Gasteiger partial charge in [0.15, 0.2) is 0 Å². The maximum absolute atomic E-state index is 11.7. The topological polar surface area (TPSA) is 42.0 Å². The average molecular weight is 288 g/mol. The van der Waals surface area contributed by atoms with Gasteiger partial charge in [-0.1, -0.05) is 31.2 Å². The Labute approximate surface area is 124 Å². The van der Waals surface area contributed by atoms with Gasteiger partial charge in [0.25, 0.3) is 0 Å². The molecule has 0 aliphatic heterocycles. The molecule has 1 amide bonds. The van der Waals surface area contributed by atoms with E-state index in [1.54, 1.807) is 17.5 Å². The van der Waals surface area contributed by atoms with Gasteiger partial charge in [-0.3, -0.25) is 4.79 Å². The fraction of sp³-hybridized carbons (Fsp3) is 0.375. The van der Waals surface area contributed by atoms with E-state index in [9.17, 15) is 4.79 Å². The van der Waals surface area contributed by atoms with E-state index in [-0.39, 0.29) is 5.91 Å². The summed E-state index contributed by atoms with van der Waals surface area (Å²) in [4.78, 5) is 15.9. The van der Waals surface area contributed by atoms with Crippen molar-refractivity contribution in [2.75, 3.05) is 6.54 Å². The van der Waals surface area contributed by atoms with E-state index in [4.69, 9.17) is 0 Å². The minimum atomic E-state index is 0.112. The molecule has 1 aromatic heterocycles. The number of rotatable bonds is 7. The van der Waals surface area contributed by atoms with Crippen LogP contribution in [-0.2, 0) is 24.1 Å². The Bertz CT molecular complexity index is 520. The molecule has 4 heteroatoms. The van der Waals surface area contributed by atoms with Gasteiger partial charge in [0, 0.05) is 31.0 Å². The van der Waals surface area contributed by atoms with Crippen molar-refractivity contribution >= 4 is 17.2 Å². The number of benzene rings is 1. The lowest BCUT2D eigenvalue weighted by Crippen LogP contribution is -2.25. The second kappa shape index (κ2) is 7.80. The van der Waals surface area contributed by atoms with Crippen molar-refractivity contribution in [3.8, 4) is 0 Å². The van der Waals surface area contributed by atoms with Crippen LogP contribution >= 0.6 is 11.3 Å². The van der Waals surface area contributed by atoms with Crippen molar-refractivity contribution in [3.05, 3.63) is 52.0 Å². The normalized spacial score (nSPS) is 10.4. The predicted octanol–water partition coefficient (Wildman–Crippen LogP) is 3.00. The quantitative estimate of drug-likeness (QED) is 0.851. The lowest BCUT2D eigenvalue weighted by molar-refractivity contribution is -0.121. The summed E-state index contributed by atoms with van der Waals surface area (Å²) in [7, 11) is 0. The minimum Gasteiger partial charge on any atom is -0.356 e. The molecule has 0 bridgehead atoms. The van der Waals surface area contributed by atoms with Crippen LogP contribution in [0.3, 0.4) is 0 Å². The molecule has 1 heterocycles. The standard InChI is InChI=1S/C16H20N2OS/c1-2-13-3-5-14(6-4-13)7-8-15(19)17-10-9-16-18-11-12-20-16/h3-6,11-12H,2,7-10H2,1H3,(H,17,19). The van der Waals surface area contributed by atoms with E-state index in [1.165, 1.54) is 11.1 Å². The zero-order valence-electron chi connectivity index (χ0n) is 11.8. The smallest absolute Gasteiger partial charge is 0.220 e. The third-order valence-electron chi connectivity index (χ3n) is 3.22. The molecule has 1 N–H and O–H groups in total. The molecule has 20 heavy (non-hydrogen) atoms. The van der Waals surface area contributed by atoms with Crippen molar-refractivity contribution in [3.63, 3.8) is 0 Å². The number of carbonyl (C=O) groups is 1. The SMILES string of the molecule is CCc1ccc(CCC(=O)NCCc2nccs2)cc1. The van der Waals surface area contributed by atoms with E-state index in [0.717, 1.165) is 24.3 Å². The van der Waals surface area contributed by atoms with Gasteiger partial charge in [-0.15, -0.1) is 11.3 Å². The molecule has 0 fully saturated rings. The monoisotopic (exact) mass is 288 g/mol. The molecule has 0 atom stereocenters. The number of nitrogens with one attached hydrogen (secondary N) is 1. The number of hydrogen-bond acceptors (Lipinski definition) is 3. The largest absolute Gasteiger partial charge is 0.356 e. The summed E-state index contributed by atoms with van der Waals surface area (Å²) in [6, 6.07) is 8.49. The number of aromatic nitrogens is 1. The number of aryl methyl sites for hydroxylation is 2. The van der Waals surface area contributed by atoms with Gasteiger partial charge in [0.05, 0.1) is 5.01 Å². The third-order valence-corrected chi connectivity index (χ3v) is 4.06. The molecule has 2 rings (SSSR count). The average Bonchev–Trinajstić information content (AvgIpc) is 2.99. The maximum Gasteiger partial charge on any atom is 0.220 e. The molecular formula is C16H20N2OS. The van der Waals surface area contributed by atoms with Crippen molar-refractivity contribution in [2.45, 2.75) is 32.6 Å². The van der Waals surface area contributed by atoms with E-state index in [2.05, 4.69) is 41.5 Å². The van der Waals surface area contributed by atoms with Gasteiger partial charge >= 0.3 is 0 Å². The van der Waals surface area contributed by atoms with Gasteiger partial charge in [-0.2, -0.15) is 0 Å². The van der Waals surface area contributed by atoms with Gasteiger partial charge < -0.3 is 5.32 Å². The molecule has 0 saturated heterocycles. The molecule has 0 aliphatic carbocycles. The van der Waals surface area contributed by atoms with E-state index in [0.29, 0.717) is 13.0 Å². The Morgan fingerprint density at radius 2 is 1.95 bits per heavy atom. The first kappa shape index (κ1) is 14.7. The lowest BCUT2D eigenvalue weighted by atomic mass is 10.1. The van der Waals surface area contributed by atoms with Gasteiger partial charge in [0.2, 0.25) is 5.91 Å². The van der Waals surface area contributed by atoms with Crippen LogP contribution in [0.15, 0.2) is 35.8 Å². The van der Waals surface area contributed by atoms with Crippen LogP contribution in [0.4, 0.5) is 0 Å². The van der Waals surface area contributed by atoms with Crippen LogP contribution in [0.1, 0.15) is 29.5 Å². The first-order valence-corrected chi connectivity index (χ1v) is 7.88. The molecule has 3 nitrogen and oxygen atoms in total. The first-order valence-electron chi connectivity index (χ1n) is 7.01. The van der Waals surface area contributed by atoms with Crippen LogP contribution in [-0.4, -0.2) is 17.4 Å². The summed E-state index contributed by atoms with van der Waals surface area (Å²) in [6.07, 6.45) is 5.00. The number of carbonyl (C=O) groups excluding carboxylic acids is 1. The summed E-state index contributed by atoms with van der Waals surface area (Å²) in [5.41, 5.74) is 2.55. The number of hydrogen-bond donors (Lipinski definition) is 1. The predicted molar refractivity (Wildman–Crippen MR) is 83.0 cm³/mol. The van der Waals surface area contributed by atoms with Crippen LogP contribution in [0.2, 0.25) is 0 Å². The molecule has 106 valence electrons. The Morgan fingerprint density at radius 1 is 1.20 bits per heavy atom. The van der Waals surface area contributed by atoms with E-state index >= 15 is 0 Å². The number of amides is 1. The van der Waals surface area contributed by atoms with Gasteiger partial charge in [0.1, 0.15) is 0 Å². The summed E-state index contributed by atoms with van der Waals surface area (Å²) < 4.78 is 0. The van der Waals surface area contributed by atoms with Crippen LogP contribution in [0, 0.1) is 0 Å². The highest BCUT2D eigenvalue weighted by Crippen LogP contribution is 2.07. The van der Waals surface area contributed by atoms with E-state index < -0.39 is 0 Å². The zero-order valence-corrected chi connectivity index (χ0v) is 12.6. The fourth-order valence-corrected chi connectivity index (χ4v) is 2.59. The Balaban J connectivity index is 1.66. The number of nitrogens with zero attached hydrogens (tertiary/aromatic N) is 1. The van der Waals surface area contributed by atoms with Crippen LogP contribution in [0.5, 0.6) is 0 Å². The molecule has 0 spiro atoms. The summed E-state index contributed by atoms with van der Waals surface area (Å²) in [5, 5.41) is 5.97. The summed E-state index contributed by atoms with van der Waals surface area (Å²) >= 11 is 1.63. The fourth-order valence-electron chi connectivity index (χ4n) is 1.97. The van der Waals surface area contributed by atoms with Crippen molar-refractivity contribution in [2.24, 2.45) is 0 Å². The van der Waals surface area contributed by atoms with Crippen LogP contribution in [0.25, 0.3) is 0 Å². The van der Waals surface area contributed by atoms with Crippen molar-refractivity contribution in [1.29, 1.82) is 0 Å². The Kier molecular flexibility index (Phi) is 5.74. The van der Waals surface area contributed by atoms with Crippen LogP contribution < -0.4 is 5.32 Å². The van der Waals surface area contributed by atoms with Crippen molar-refractivity contribution < 1.29 is 4.79 Å². The molecule has 2 aromatic rings. The highest BCUT2D eigenvalue weighted by Gasteiger charge is 2.03. The number of thiazole rings is 1.